The van der Waals surface area contributed by atoms with Crippen molar-refractivity contribution in [3.63, 3.8) is 0 Å². The van der Waals surface area contributed by atoms with E-state index in [0.717, 1.165) is 43.4 Å². The maximum absolute atomic E-state index is 5.16. The standard InChI is InChI=1S/C16H22N4O/c1-21-16-6-4-13(5-7-16)8-9-20-12-15(18-19-20)11-17-10-14-2-3-14/h4-7,12,14,17H,2-3,8-11H2,1H3. The fourth-order valence-corrected chi connectivity index (χ4v) is 2.29. The molecule has 5 nitrogen and oxygen atoms in total. The quantitative estimate of drug-likeness (QED) is 0.807. The van der Waals surface area contributed by atoms with Crippen molar-refractivity contribution >= 4 is 0 Å². The predicted octanol–water partition coefficient (Wildman–Crippen LogP) is 2.03. The number of hydrogen-bond acceptors (Lipinski definition) is 4. The molecule has 3 rings (SSSR count). The molecule has 1 aliphatic carbocycles. The van der Waals surface area contributed by atoms with Gasteiger partial charge in [-0.3, -0.25) is 4.68 Å². The molecule has 112 valence electrons. The SMILES string of the molecule is COc1ccc(CCn2cc(CNCC3CC3)nn2)cc1. The molecule has 1 aromatic heterocycles. The molecule has 5 heteroatoms. The minimum absolute atomic E-state index is 0.818. The van der Waals surface area contributed by atoms with E-state index < -0.39 is 0 Å². The third-order valence-electron chi connectivity index (χ3n) is 3.81. The van der Waals surface area contributed by atoms with Gasteiger partial charge < -0.3 is 10.1 Å². The Morgan fingerprint density at radius 2 is 2.10 bits per heavy atom. The van der Waals surface area contributed by atoms with Crippen molar-refractivity contribution < 1.29 is 4.74 Å². The van der Waals surface area contributed by atoms with E-state index in [1.165, 1.54) is 18.4 Å². The molecule has 1 saturated carbocycles. The number of nitrogens with zero attached hydrogens (tertiary/aromatic N) is 3. The lowest BCUT2D eigenvalue weighted by Crippen LogP contribution is -2.16. The first-order valence-corrected chi connectivity index (χ1v) is 7.56. The molecule has 0 bridgehead atoms. The zero-order chi connectivity index (χ0) is 14.5. The van der Waals surface area contributed by atoms with Crippen LogP contribution in [0, 0.1) is 5.92 Å². The number of ether oxygens (including phenoxy) is 1. The van der Waals surface area contributed by atoms with Crippen molar-refractivity contribution in [3.8, 4) is 5.75 Å². The van der Waals surface area contributed by atoms with Gasteiger partial charge in [0.2, 0.25) is 0 Å². The van der Waals surface area contributed by atoms with Crippen LogP contribution in [0.15, 0.2) is 30.5 Å². The van der Waals surface area contributed by atoms with Crippen LogP contribution in [0.3, 0.4) is 0 Å². The van der Waals surface area contributed by atoms with Gasteiger partial charge >= 0.3 is 0 Å². The van der Waals surface area contributed by atoms with Gasteiger partial charge in [0.15, 0.2) is 0 Å². The summed E-state index contributed by atoms with van der Waals surface area (Å²) in [7, 11) is 1.68. The van der Waals surface area contributed by atoms with Crippen LogP contribution in [0.25, 0.3) is 0 Å². The maximum Gasteiger partial charge on any atom is 0.118 e. The van der Waals surface area contributed by atoms with Crippen LogP contribution in [-0.2, 0) is 19.5 Å². The largest absolute Gasteiger partial charge is 0.497 e. The Bertz CT molecular complexity index is 560. The van der Waals surface area contributed by atoms with E-state index in [9.17, 15) is 0 Å². The summed E-state index contributed by atoms with van der Waals surface area (Å²) in [6, 6.07) is 8.16. The number of hydrogen-bond donors (Lipinski definition) is 1. The van der Waals surface area contributed by atoms with E-state index in [0.29, 0.717) is 0 Å². The van der Waals surface area contributed by atoms with Gasteiger partial charge in [-0.1, -0.05) is 17.3 Å². The number of benzene rings is 1. The second kappa shape index (κ2) is 6.72. The predicted molar refractivity (Wildman–Crippen MR) is 81.2 cm³/mol. The highest BCUT2D eigenvalue weighted by atomic mass is 16.5. The molecule has 1 aromatic carbocycles. The number of aromatic nitrogens is 3. The van der Waals surface area contributed by atoms with Crippen LogP contribution in [0.1, 0.15) is 24.1 Å². The molecule has 1 heterocycles. The van der Waals surface area contributed by atoms with Gasteiger partial charge in [0.1, 0.15) is 5.75 Å². The molecule has 21 heavy (non-hydrogen) atoms. The van der Waals surface area contributed by atoms with Gasteiger partial charge in [0.25, 0.3) is 0 Å². The molecule has 0 spiro atoms. The molecule has 1 N–H and O–H groups in total. The first-order valence-electron chi connectivity index (χ1n) is 7.56. The van der Waals surface area contributed by atoms with Crippen molar-refractivity contribution in [1.29, 1.82) is 0 Å². The van der Waals surface area contributed by atoms with Crippen LogP contribution < -0.4 is 10.1 Å². The summed E-state index contributed by atoms with van der Waals surface area (Å²) >= 11 is 0. The summed E-state index contributed by atoms with van der Waals surface area (Å²) in [5.41, 5.74) is 2.30. The zero-order valence-corrected chi connectivity index (χ0v) is 12.5. The number of nitrogens with one attached hydrogen (secondary N) is 1. The van der Waals surface area contributed by atoms with Gasteiger partial charge in [-0.2, -0.15) is 0 Å². The normalized spacial score (nSPS) is 14.3. The number of rotatable bonds is 8. The molecule has 0 aliphatic heterocycles. The fraction of sp³-hybridized carbons (Fsp3) is 0.500. The van der Waals surface area contributed by atoms with Crippen molar-refractivity contribution in [2.24, 2.45) is 5.92 Å². The summed E-state index contributed by atoms with van der Waals surface area (Å²) < 4.78 is 7.07. The average molecular weight is 286 g/mol. The lowest BCUT2D eigenvalue weighted by atomic mass is 10.1. The molecular weight excluding hydrogens is 264 g/mol. The van der Waals surface area contributed by atoms with Crippen LogP contribution in [0.2, 0.25) is 0 Å². The van der Waals surface area contributed by atoms with Crippen LogP contribution in [-0.4, -0.2) is 28.6 Å². The topological polar surface area (TPSA) is 52.0 Å². The number of methoxy groups -OCH3 is 1. The summed E-state index contributed by atoms with van der Waals surface area (Å²) in [6.45, 7) is 2.78. The second-order valence-corrected chi connectivity index (χ2v) is 5.65. The minimum atomic E-state index is 0.818. The second-order valence-electron chi connectivity index (χ2n) is 5.65. The van der Waals surface area contributed by atoms with Crippen molar-refractivity contribution in [1.82, 2.24) is 20.3 Å². The summed E-state index contributed by atoms with van der Waals surface area (Å²) in [4.78, 5) is 0. The monoisotopic (exact) mass is 286 g/mol. The summed E-state index contributed by atoms with van der Waals surface area (Å²) in [5.74, 6) is 1.79. The number of aryl methyl sites for hydroxylation is 2. The van der Waals surface area contributed by atoms with Crippen molar-refractivity contribution in [2.75, 3.05) is 13.7 Å². The molecule has 0 amide bonds. The minimum Gasteiger partial charge on any atom is -0.497 e. The van der Waals surface area contributed by atoms with Crippen molar-refractivity contribution in [2.45, 2.75) is 32.4 Å². The Morgan fingerprint density at radius 1 is 1.29 bits per heavy atom. The molecule has 2 aromatic rings. The molecule has 1 aliphatic rings. The fourth-order valence-electron chi connectivity index (χ4n) is 2.29. The molecule has 0 saturated heterocycles. The molecule has 1 fully saturated rings. The molecule has 0 radical (unpaired) electrons. The Labute approximate surface area is 125 Å². The van der Waals surface area contributed by atoms with E-state index in [1.54, 1.807) is 7.11 Å². The van der Waals surface area contributed by atoms with Gasteiger partial charge in [-0.15, -0.1) is 5.10 Å². The summed E-state index contributed by atoms with van der Waals surface area (Å²) in [6.07, 6.45) is 5.73. The van der Waals surface area contributed by atoms with E-state index >= 15 is 0 Å². The van der Waals surface area contributed by atoms with Gasteiger partial charge in [-0.25, -0.2) is 0 Å². The lowest BCUT2D eigenvalue weighted by Gasteiger charge is -2.03. The van der Waals surface area contributed by atoms with Gasteiger partial charge in [-0.05, 0) is 49.4 Å². The van der Waals surface area contributed by atoms with E-state index in [2.05, 4.69) is 27.8 Å². The maximum atomic E-state index is 5.16. The molecular formula is C16H22N4O. The third-order valence-corrected chi connectivity index (χ3v) is 3.81. The van der Waals surface area contributed by atoms with Gasteiger partial charge in [0.05, 0.1) is 12.8 Å². The molecule has 0 atom stereocenters. The Morgan fingerprint density at radius 3 is 2.81 bits per heavy atom. The Kier molecular flexibility index (Phi) is 4.50. The van der Waals surface area contributed by atoms with E-state index in [1.807, 2.05) is 23.0 Å². The highest BCUT2D eigenvalue weighted by Gasteiger charge is 2.20. The smallest absolute Gasteiger partial charge is 0.118 e. The highest BCUT2D eigenvalue weighted by Crippen LogP contribution is 2.27. The highest BCUT2D eigenvalue weighted by molar-refractivity contribution is 5.27. The van der Waals surface area contributed by atoms with Crippen molar-refractivity contribution in [3.05, 3.63) is 41.7 Å². The third kappa shape index (κ3) is 4.29. The first-order chi connectivity index (χ1) is 10.3. The van der Waals surface area contributed by atoms with E-state index in [-0.39, 0.29) is 0 Å². The molecule has 0 unspecified atom stereocenters. The zero-order valence-electron chi connectivity index (χ0n) is 12.5. The summed E-state index contributed by atoms with van der Waals surface area (Å²) in [5, 5.41) is 11.8. The lowest BCUT2D eigenvalue weighted by molar-refractivity contribution is 0.414. The Balaban J connectivity index is 1.44. The van der Waals surface area contributed by atoms with Crippen LogP contribution >= 0.6 is 0 Å². The van der Waals surface area contributed by atoms with Crippen LogP contribution in [0.5, 0.6) is 5.75 Å². The average Bonchev–Trinajstić information content (AvgIpc) is 3.23. The Hall–Kier alpha value is -1.88. The first kappa shape index (κ1) is 14.1. The van der Waals surface area contributed by atoms with Crippen LogP contribution in [0.4, 0.5) is 0 Å². The van der Waals surface area contributed by atoms with Gasteiger partial charge in [0, 0.05) is 19.3 Å². The van der Waals surface area contributed by atoms with E-state index in [4.69, 9.17) is 4.74 Å².